The van der Waals surface area contributed by atoms with E-state index < -0.39 is 47.5 Å². The molecule has 39 heavy (non-hydrogen) atoms. The molecule has 1 aromatic carbocycles. The van der Waals surface area contributed by atoms with Gasteiger partial charge in [-0.25, -0.2) is 9.18 Å². The van der Waals surface area contributed by atoms with E-state index in [1.165, 1.54) is 18.3 Å². The number of carbonyl (C=O) groups is 4. The molecular formula is C28H38FN5O5. The minimum Gasteiger partial charge on any atom is -0.480 e. The highest BCUT2D eigenvalue weighted by Crippen LogP contribution is 2.32. The van der Waals surface area contributed by atoms with Crippen molar-refractivity contribution >= 4 is 29.4 Å². The van der Waals surface area contributed by atoms with E-state index in [-0.39, 0.29) is 18.0 Å². The van der Waals surface area contributed by atoms with E-state index in [9.17, 15) is 24.3 Å². The minimum atomic E-state index is -1.23. The standard InChI is InChI=1S/C28H38FN5O5/c1-5-23(35)32-24(28(38)39)17(4)19-11-12-21(20(29)15-19)31-27(37)25(18-9-7-16(3)8-10-18)33-26(36)22-13-14-30-34(22)6-2/h11-18,24-25H,5-10H2,1-4H3,(H,31,37)(H,32,35)(H,33,36)(H,38,39)/t16?,17-,18?,24+,25-/m0/s1. The summed E-state index contributed by atoms with van der Waals surface area (Å²) < 4.78 is 16.7. The van der Waals surface area contributed by atoms with E-state index in [1.54, 1.807) is 24.6 Å². The number of nitrogens with one attached hydrogen (secondary N) is 3. The van der Waals surface area contributed by atoms with E-state index in [0.29, 0.717) is 23.7 Å². The Labute approximate surface area is 227 Å². The van der Waals surface area contributed by atoms with Crippen LogP contribution in [-0.4, -0.2) is 50.7 Å². The van der Waals surface area contributed by atoms with Gasteiger partial charge >= 0.3 is 5.97 Å². The van der Waals surface area contributed by atoms with Crippen molar-refractivity contribution in [3.8, 4) is 0 Å². The number of carboxylic acids is 1. The molecule has 212 valence electrons. The number of anilines is 1. The van der Waals surface area contributed by atoms with Crippen LogP contribution in [0.1, 0.15) is 81.8 Å². The zero-order chi connectivity index (χ0) is 28.7. The van der Waals surface area contributed by atoms with Crippen LogP contribution in [0.4, 0.5) is 10.1 Å². The van der Waals surface area contributed by atoms with E-state index >= 15 is 4.39 Å². The van der Waals surface area contributed by atoms with Gasteiger partial charge < -0.3 is 21.1 Å². The fourth-order valence-electron chi connectivity index (χ4n) is 5.00. The van der Waals surface area contributed by atoms with E-state index in [1.807, 2.05) is 6.92 Å². The minimum absolute atomic E-state index is 0.0811. The first-order valence-corrected chi connectivity index (χ1v) is 13.5. The number of benzene rings is 1. The van der Waals surface area contributed by atoms with Crippen molar-refractivity contribution in [3.63, 3.8) is 0 Å². The maximum atomic E-state index is 15.2. The fraction of sp³-hybridized carbons (Fsp3) is 0.536. The van der Waals surface area contributed by atoms with Gasteiger partial charge in [-0.15, -0.1) is 0 Å². The highest BCUT2D eigenvalue weighted by molar-refractivity contribution is 6.00. The molecule has 0 spiro atoms. The smallest absolute Gasteiger partial charge is 0.326 e. The third-order valence-electron chi connectivity index (χ3n) is 7.53. The van der Waals surface area contributed by atoms with Crippen LogP contribution in [0, 0.1) is 17.7 Å². The van der Waals surface area contributed by atoms with Crippen molar-refractivity contribution in [1.82, 2.24) is 20.4 Å². The molecule has 3 rings (SSSR count). The Morgan fingerprint density at radius 2 is 1.79 bits per heavy atom. The number of amides is 3. The molecule has 0 bridgehead atoms. The maximum Gasteiger partial charge on any atom is 0.326 e. The topological polar surface area (TPSA) is 142 Å². The molecule has 0 radical (unpaired) electrons. The first-order chi connectivity index (χ1) is 18.5. The Morgan fingerprint density at radius 3 is 2.38 bits per heavy atom. The molecule has 0 aliphatic heterocycles. The van der Waals surface area contributed by atoms with Crippen LogP contribution in [0.25, 0.3) is 0 Å². The lowest BCUT2D eigenvalue weighted by molar-refractivity contribution is -0.142. The van der Waals surface area contributed by atoms with Gasteiger partial charge in [0, 0.05) is 25.1 Å². The lowest BCUT2D eigenvalue weighted by atomic mass is 9.79. The Morgan fingerprint density at radius 1 is 1.10 bits per heavy atom. The van der Waals surface area contributed by atoms with E-state index in [2.05, 4.69) is 28.0 Å². The van der Waals surface area contributed by atoms with Gasteiger partial charge in [0.2, 0.25) is 11.8 Å². The van der Waals surface area contributed by atoms with Crippen molar-refractivity contribution in [2.75, 3.05) is 5.32 Å². The first-order valence-electron chi connectivity index (χ1n) is 13.5. The zero-order valence-corrected chi connectivity index (χ0v) is 22.9. The Hall–Kier alpha value is -3.76. The van der Waals surface area contributed by atoms with Crippen molar-refractivity contribution < 1.29 is 28.7 Å². The predicted octanol–water partition coefficient (Wildman–Crippen LogP) is 3.69. The van der Waals surface area contributed by atoms with Gasteiger partial charge in [-0.05, 0) is 55.4 Å². The average molecular weight is 544 g/mol. The van der Waals surface area contributed by atoms with E-state index in [4.69, 9.17) is 0 Å². The summed E-state index contributed by atoms with van der Waals surface area (Å²) in [6.45, 7) is 7.70. The van der Waals surface area contributed by atoms with Gasteiger partial charge in [-0.3, -0.25) is 19.1 Å². The summed E-state index contributed by atoms with van der Waals surface area (Å²) in [7, 11) is 0. The first kappa shape index (κ1) is 29.8. The molecule has 1 aromatic heterocycles. The number of carboxylic acid groups (broad SMARTS) is 1. The molecule has 0 unspecified atom stereocenters. The van der Waals surface area contributed by atoms with E-state index in [0.717, 1.165) is 31.7 Å². The summed E-state index contributed by atoms with van der Waals surface area (Å²) in [4.78, 5) is 50.0. The molecule has 1 heterocycles. The van der Waals surface area contributed by atoms with Crippen molar-refractivity contribution in [1.29, 1.82) is 0 Å². The molecule has 1 aliphatic carbocycles. The van der Waals surface area contributed by atoms with Crippen molar-refractivity contribution in [2.24, 2.45) is 11.8 Å². The van der Waals surface area contributed by atoms with Crippen LogP contribution in [0.2, 0.25) is 0 Å². The van der Waals surface area contributed by atoms with Gasteiger partial charge in [-0.1, -0.05) is 39.7 Å². The van der Waals surface area contributed by atoms with Crippen LogP contribution in [0.15, 0.2) is 30.5 Å². The second-order valence-electron chi connectivity index (χ2n) is 10.3. The van der Waals surface area contributed by atoms with Crippen LogP contribution < -0.4 is 16.0 Å². The molecular weight excluding hydrogens is 505 g/mol. The Kier molecular flexibility index (Phi) is 10.2. The molecule has 3 amide bonds. The predicted molar refractivity (Wildman–Crippen MR) is 144 cm³/mol. The molecule has 4 N–H and O–H groups in total. The summed E-state index contributed by atoms with van der Waals surface area (Å²) in [6.07, 6.45) is 5.01. The number of nitrogens with zero attached hydrogens (tertiary/aromatic N) is 2. The number of hydrogen-bond donors (Lipinski definition) is 4. The summed E-state index contributed by atoms with van der Waals surface area (Å²) in [5.74, 6) is -3.65. The second-order valence-corrected chi connectivity index (χ2v) is 10.3. The number of rotatable bonds is 11. The number of aromatic nitrogens is 2. The lowest BCUT2D eigenvalue weighted by Crippen LogP contribution is -2.49. The van der Waals surface area contributed by atoms with Crippen LogP contribution in [-0.2, 0) is 20.9 Å². The fourth-order valence-corrected chi connectivity index (χ4v) is 5.00. The van der Waals surface area contributed by atoms with Crippen molar-refractivity contribution in [2.45, 2.75) is 84.3 Å². The normalized spacial score (nSPS) is 19.4. The second kappa shape index (κ2) is 13.3. The number of aryl methyl sites for hydroxylation is 1. The van der Waals surface area contributed by atoms with Gasteiger partial charge in [-0.2, -0.15) is 5.10 Å². The molecule has 3 atom stereocenters. The highest BCUT2D eigenvalue weighted by Gasteiger charge is 2.34. The Balaban J connectivity index is 1.79. The zero-order valence-electron chi connectivity index (χ0n) is 22.9. The lowest BCUT2D eigenvalue weighted by Gasteiger charge is -2.32. The SMILES string of the molecule is CCC(=O)N[C@@H](C(=O)O)[C@@H](C)c1ccc(NC(=O)[C@@H](NC(=O)c2ccnn2CC)C2CCC(C)CC2)c(F)c1. The molecule has 1 saturated carbocycles. The number of carbonyl (C=O) groups excluding carboxylic acids is 3. The average Bonchev–Trinajstić information content (AvgIpc) is 3.40. The summed E-state index contributed by atoms with van der Waals surface area (Å²) >= 11 is 0. The molecule has 1 fully saturated rings. The largest absolute Gasteiger partial charge is 0.480 e. The Bertz CT molecular complexity index is 1190. The van der Waals surface area contributed by atoms with Crippen LogP contribution in [0.3, 0.4) is 0 Å². The summed E-state index contributed by atoms with van der Waals surface area (Å²) in [6, 6.07) is 3.53. The third-order valence-corrected chi connectivity index (χ3v) is 7.53. The highest BCUT2D eigenvalue weighted by atomic mass is 19.1. The molecule has 10 nitrogen and oxygen atoms in total. The van der Waals surface area contributed by atoms with Crippen molar-refractivity contribution in [3.05, 3.63) is 47.5 Å². The van der Waals surface area contributed by atoms with Crippen LogP contribution >= 0.6 is 0 Å². The quantitative estimate of drug-likeness (QED) is 0.341. The van der Waals surface area contributed by atoms with Gasteiger partial charge in [0.1, 0.15) is 23.6 Å². The number of halogens is 1. The van der Waals surface area contributed by atoms with Gasteiger partial charge in [0.15, 0.2) is 0 Å². The third kappa shape index (κ3) is 7.42. The van der Waals surface area contributed by atoms with Gasteiger partial charge in [0.05, 0.1) is 5.69 Å². The maximum absolute atomic E-state index is 15.2. The summed E-state index contributed by atoms with van der Waals surface area (Å²) in [5, 5.41) is 21.6. The summed E-state index contributed by atoms with van der Waals surface area (Å²) in [5.41, 5.74) is 0.614. The van der Waals surface area contributed by atoms with Crippen LogP contribution in [0.5, 0.6) is 0 Å². The molecule has 1 aliphatic rings. The monoisotopic (exact) mass is 543 g/mol. The number of aliphatic carboxylic acids is 1. The number of hydrogen-bond acceptors (Lipinski definition) is 5. The molecule has 11 heteroatoms. The molecule has 2 aromatic rings. The van der Waals surface area contributed by atoms with Gasteiger partial charge in [0.25, 0.3) is 5.91 Å². The molecule has 0 saturated heterocycles.